The lowest BCUT2D eigenvalue weighted by Gasteiger charge is -2.12. The van der Waals surface area contributed by atoms with Crippen molar-refractivity contribution in [1.82, 2.24) is 10.6 Å². The fourth-order valence-electron chi connectivity index (χ4n) is 2.10. The van der Waals surface area contributed by atoms with E-state index in [0.717, 1.165) is 43.0 Å². The molecule has 0 aromatic heterocycles. The molecule has 1 aliphatic carbocycles. The first-order valence-electron chi connectivity index (χ1n) is 7.52. The summed E-state index contributed by atoms with van der Waals surface area (Å²) in [5.74, 6) is 1.99. The van der Waals surface area contributed by atoms with Crippen LogP contribution in [0.15, 0.2) is 18.2 Å². The predicted molar refractivity (Wildman–Crippen MR) is 81.6 cm³/mol. The molecule has 5 nitrogen and oxygen atoms in total. The van der Waals surface area contributed by atoms with Crippen LogP contribution in [0.1, 0.15) is 25.3 Å². The summed E-state index contributed by atoms with van der Waals surface area (Å²) < 4.78 is 10.8. The van der Waals surface area contributed by atoms with Crippen LogP contribution in [0.5, 0.6) is 11.5 Å². The summed E-state index contributed by atoms with van der Waals surface area (Å²) in [6.07, 6.45) is 2.09. The molecule has 5 heteroatoms. The van der Waals surface area contributed by atoms with E-state index >= 15 is 0 Å². The zero-order chi connectivity index (χ0) is 15.1. The highest BCUT2D eigenvalue weighted by molar-refractivity contribution is 5.80. The first kappa shape index (κ1) is 15.6. The Balaban J connectivity index is 1.71. The van der Waals surface area contributed by atoms with Crippen molar-refractivity contribution in [3.05, 3.63) is 23.8 Å². The highest BCUT2D eigenvalue weighted by Gasteiger charge is 2.28. The van der Waals surface area contributed by atoms with Crippen LogP contribution in [-0.2, 0) is 11.3 Å². The van der Waals surface area contributed by atoms with E-state index in [0.29, 0.717) is 13.2 Å². The molecule has 0 heterocycles. The Labute approximate surface area is 126 Å². The third-order valence-electron chi connectivity index (χ3n) is 3.41. The molecule has 1 aromatic rings. The van der Waals surface area contributed by atoms with Crippen molar-refractivity contribution < 1.29 is 14.3 Å². The third-order valence-corrected chi connectivity index (χ3v) is 3.41. The number of amides is 1. The van der Waals surface area contributed by atoms with Crippen molar-refractivity contribution >= 4 is 5.91 Å². The van der Waals surface area contributed by atoms with Crippen molar-refractivity contribution in [2.45, 2.75) is 26.3 Å². The van der Waals surface area contributed by atoms with Crippen LogP contribution in [0.25, 0.3) is 0 Å². The quantitative estimate of drug-likeness (QED) is 0.680. The van der Waals surface area contributed by atoms with Gasteiger partial charge in [-0.25, -0.2) is 0 Å². The van der Waals surface area contributed by atoms with E-state index in [2.05, 4.69) is 10.6 Å². The molecule has 0 spiro atoms. The highest BCUT2D eigenvalue weighted by Crippen LogP contribution is 2.29. The average molecular weight is 292 g/mol. The first-order valence-corrected chi connectivity index (χ1v) is 7.52. The summed E-state index contributed by atoms with van der Waals surface area (Å²) in [5, 5.41) is 6.25. The Bertz CT molecular complexity index is 473. The summed E-state index contributed by atoms with van der Waals surface area (Å²) in [6, 6.07) is 5.91. The largest absolute Gasteiger partial charge is 0.493 e. The molecule has 0 aliphatic heterocycles. The maximum absolute atomic E-state index is 11.5. The van der Waals surface area contributed by atoms with Crippen LogP contribution in [-0.4, -0.2) is 32.7 Å². The van der Waals surface area contributed by atoms with E-state index in [1.807, 2.05) is 25.1 Å². The molecule has 0 atom stereocenters. The van der Waals surface area contributed by atoms with Crippen LogP contribution >= 0.6 is 0 Å². The van der Waals surface area contributed by atoms with Gasteiger partial charge in [0.15, 0.2) is 11.5 Å². The van der Waals surface area contributed by atoms with E-state index < -0.39 is 0 Å². The molecule has 0 bridgehead atoms. The summed E-state index contributed by atoms with van der Waals surface area (Å²) >= 11 is 0. The second-order valence-corrected chi connectivity index (χ2v) is 5.16. The fourth-order valence-corrected chi connectivity index (χ4v) is 2.10. The number of ether oxygens (including phenoxy) is 2. The minimum absolute atomic E-state index is 0.194. The van der Waals surface area contributed by atoms with Crippen LogP contribution in [0.4, 0.5) is 0 Å². The van der Waals surface area contributed by atoms with Gasteiger partial charge in [0.25, 0.3) is 0 Å². The standard InChI is InChI=1S/C16H24N2O3/c1-3-21-15-10-12(4-7-14(15)20-2)11-17-8-9-18-16(19)13-5-6-13/h4,7,10,13,17H,3,5-6,8-9,11H2,1-2H3,(H,18,19). The maximum Gasteiger partial charge on any atom is 0.223 e. The Hall–Kier alpha value is -1.75. The molecular formula is C16H24N2O3. The third kappa shape index (κ3) is 4.93. The Morgan fingerprint density at radius 1 is 1.29 bits per heavy atom. The minimum atomic E-state index is 0.194. The van der Waals surface area contributed by atoms with E-state index in [4.69, 9.17) is 9.47 Å². The monoisotopic (exact) mass is 292 g/mol. The van der Waals surface area contributed by atoms with E-state index in [9.17, 15) is 4.79 Å². The van der Waals surface area contributed by atoms with Gasteiger partial charge < -0.3 is 20.1 Å². The number of carbonyl (C=O) groups excluding carboxylic acids is 1. The van der Waals surface area contributed by atoms with Crippen molar-refractivity contribution in [3.8, 4) is 11.5 Å². The van der Waals surface area contributed by atoms with Gasteiger partial charge in [0.2, 0.25) is 5.91 Å². The van der Waals surface area contributed by atoms with Crippen LogP contribution in [0.2, 0.25) is 0 Å². The molecule has 1 fully saturated rings. The van der Waals surface area contributed by atoms with Crippen LogP contribution in [0, 0.1) is 5.92 Å². The molecule has 1 saturated carbocycles. The number of nitrogens with one attached hydrogen (secondary N) is 2. The van der Waals surface area contributed by atoms with Crippen molar-refractivity contribution in [1.29, 1.82) is 0 Å². The normalized spacial score (nSPS) is 13.8. The fraction of sp³-hybridized carbons (Fsp3) is 0.562. The molecule has 1 aromatic carbocycles. The number of hydrogen-bond acceptors (Lipinski definition) is 4. The molecule has 2 rings (SSSR count). The van der Waals surface area contributed by atoms with E-state index in [1.165, 1.54) is 0 Å². The van der Waals surface area contributed by atoms with Gasteiger partial charge >= 0.3 is 0 Å². The second kappa shape index (κ2) is 7.88. The number of rotatable bonds is 9. The first-order chi connectivity index (χ1) is 10.2. The number of carbonyl (C=O) groups is 1. The summed E-state index contributed by atoms with van der Waals surface area (Å²) in [4.78, 5) is 11.5. The number of benzene rings is 1. The van der Waals surface area contributed by atoms with Gasteiger partial charge in [-0.05, 0) is 37.5 Å². The summed E-state index contributed by atoms with van der Waals surface area (Å²) in [6.45, 7) is 4.73. The van der Waals surface area contributed by atoms with Crippen LogP contribution < -0.4 is 20.1 Å². The topological polar surface area (TPSA) is 59.6 Å². The van der Waals surface area contributed by atoms with E-state index in [-0.39, 0.29) is 11.8 Å². The lowest BCUT2D eigenvalue weighted by atomic mass is 10.2. The molecule has 0 radical (unpaired) electrons. The van der Waals surface area contributed by atoms with Gasteiger partial charge in [-0.15, -0.1) is 0 Å². The molecule has 0 unspecified atom stereocenters. The lowest BCUT2D eigenvalue weighted by Crippen LogP contribution is -2.32. The van der Waals surface area contributed by atoms with Gasteiger partial charge in [-0.3, -0.25) is 4.79 Å². The molecule has 1 aliphatic rings. The Kier molecular flexibility index (Phi) is 5.87. The number of methoxy groups -OCH3 is 1. The smallest absolute Gasteiger partial charge is 0.223 e. The van der Waals surface area contributed by atoms with Gasteiger partial charge in [-0.2, -0.15) is 0 Å². The van der Waals surface area contributed by atoms with Gasteiger partial charge in [0, 0.05) is 25.6 Å². The van der Waals surface area contributed by atoms with Gasteiger partial charge in [0.05, 0.1) is 13.7 Å². The van der Waals surface area contributed by atoms with Gasteiger partial charge in [0.1, 0.15) is 0 Å². The van der Waals surface area contributed by atoms with Crippen molar-refractivity contribution in [2.24, 2.45) is 5.92 Å². The van der Waals surface area contributed by atoms with Crippen LogP contribution in [0.3, 0.4) is 0 Å². The molecule has 1 amide bonds. The predicted octanol–water partition coefficient (Wildman–Crippen LogP) is 1.71. The number of hydrogen-bond donors (Lipinski definition) is 2. The zero-order valence-electron chi connectivity index (χ0n) is 12.8. The molecule has 0 saturated heterocycles. The summed E-state index contributed by atoms with van der Waals surface area (Å²) in [5.41, 5.74) is 1.13. The molecule has 116 valence electrons. The minimum Gasteiger partial charge on any atom is -0.493 e. The van der Waals surface area contributed by atoms with Crippen molar-refractivity contribution in [3.63, 3.8) is 0 Å². The Morgan fingerprint density at radius 2 is 2.10 bits per heavy atom. The average Bonchev–Trinajstić information content (AvgIpc) is 3.32. The molecule has 2 N–H and O–H groups in total. The molecule has 21 heavy (non-hydrogen) atoms. The highest BCUT2D eigenvalue weighted by atomic mass is 16.5. The zero-order valence-corrected chi connectivity index (χ0v) is 12.8. The second-order valence-electron chi connectivity index (χ2n) is 5.16. The SMILES string of the molecule is CCOc1cc(CNCCNC(=O)C2CC2)ccc1OC. The van der Waals surface area contributed by atoms with Crippen molar-refractivity contribution in [2.75, 3.05) is 26.8 Å². The lowest BCUT2D eigenvalue weighted by molar-refractivity contribution is -0.122. The Morgan fingerprint density at radius 3 is 2.76 bits per heavy atom. The molecular weight excluding hydrogens is 268 g/mol. The maximum atomic E-state index is 11.5. The van der Waals surface area contributed by atoms with Gasteiger partial charge in [-0.1, -0.05) is 6.07 Å². The summed E-state index contributed by atoms with van der Waals surface area (Å²) in [7, 11) is 1.64. The van der Waals surface area contributed by atoms with E-state index in [1.54, 1.807) is 7.11 Å².